The zero-order chi connectivity index (χ0) is 15.1. The first-order valence-corrected chi connectivity index (χ1v) is 5.65. The second-order valence-corrected chi connectivity index (χ2v) is 3.83. The molecule has 0 spiro atoms. The van der Waals surface area contributed by atoms with Crippen LogP contribution in [0.1, 0.15) is 23.2 Å². The normalized spacial score (nSPS) is 11.5. The Morgan fingerprint density at radius 2 is 2.20 bits per heavy atom. The predicted molar refractivity (Wildman–Crippen MR) is 64.3 cm³/mol. The maximum Gasteiger partial charge on any atom is 0.326 e. The number of carbonyl (C=O) groups excluding carboxylic acids is 2. The van der Waals surface area contributed by atoms with E-state index in [4.69, 9.17) is 5.11 Å². The van der Waals surface area contributed by atoms with Crippen molar-refractivity contribution in [3.63, 3.8) is 0 Å². The molecule has 20 heavy (non-hydrogen) atoms. The fraction of sp³-hybridized carbons (Fsp3) is 0.333. The van der Waals surface area contributed by atoms with Crippen LogP contribution in [0.5, 0.6) is 0 Å². The molecule has 0 aliphatic heterocycles. The molecule has 0 aliphatic rings. The molecule has 0 fully saturated rings. The lowest BCUT2D eigenvalue weighted by Crippen LogP contribution is -2.41. The molecule has 8 heteroatoms. The van der Waals surface area contributed by atoms with Gasteiger partial charge in [0.15, 0.2) is 5.82 Å². The first kappa shape index (κ1) is 15.5. The maximum atomic E-state index is 13.3. The fourth-order valence-electron chi connectivity index (χ4n) is 1.42. The Bertz CT molecular complexity index is 520. The molecule has 0 radical (unpaired) electrons. The van der Waals surface area contributed by atoms with Crippen LogP contribution in [0.4, 0.5) is 4.39 Å². The molecular formula is C12H13FN2O5. The van der Waals surface area contributed by atoms with Crippen LogP contribution in [0.2, 0.25) is 0 Å². The summed E-state index contributed by atoms with van der Waals surface area (Å²) in [6, 6.07) is -0.182. The van der Waals surface area contributed by atoms with E-state index in [-0.39, 0.29) is 18.4 Å². The van der Waals surface area contributed by atoms with Crippen molar-refractivity contribution in [3.8, 4) is 0 Å². The van der Waals surface area contributed by atoms with E-state index < -0.39 is 29.7 Å². The average molecular weight is 284 g/mol. The van der Waals surface area contributed by atoms with Gasteiger partial charge in [-0.15, -0.1) is 0 Å². The van der Waals surface area contributed by atoms with E-state index in [9.17, 15) is 18.8 Å². The van der Waals surface area contributed by atoms with Crippen LogP contribution in [0.3, 0.4) is 0 Å². The summed E-state index contributed by atoms with van der Waals surface area (Å²) in [5, 5.41) is 11.1. The van der Waals surface area contributed by atoms with Crippen molar-refractivity contribution < 1.29 is 28.6 Å². The third-order valence-corrected chi connectivity index (χ3v) is 2.49. The molecule has 1 atom stereocenters. The summed E-state index contributed by atoms with van der Waals surface area (Å²) in [5.74, 6) is -3.67. The molecule has 0 unspecified atom stereocenters. The quantitative estimate of drug-likeness (QED) is 0.730. The molecule has 0 bridgehead atoms. The van der Waals surface area contributed by atoms with Gasteiger partial charge in [0.1, 0.15) is 6.04 Å². The Morgan fingerprint density at radius 3 is 2.75 bits per heavy atom. The Balaban J connectivity index is 2.71. The summed E-state index contributed by atoms with van der Waals surface area (Å²) in [7, 11) is 1.17. The fourth-order valence-corrected chi connectivity index (χ4v) is 1.42. The lowest BCUT2D eigenvalue weighted by molar-refractivity contribution is -0.142. The SMILES string of the molecule is COC(=O)CC[C@@H](NC(=O)c1ccncc1F)C(=O)O. The average Bonchev–Trinajstić information content (AvgIpc) is 2.42. The van der Waals surface area contributed by atoms with Crippen molar-refractivity contribution in [2.75, 3.05) is 7.11 Å². The summed E-state index contributed by atoms with van der Waals surface area (Å²) in [6.07, 6.45) is 1.73. The van der Waals surface area contributed by atoms with Crippen LogP contribution in [0, 0.1) is 5.82 Å². The van der Waals surface area contributed by atoms with Crippen molar-refractivity contribution in [2.45, 2.75) is 18.9 Å². The largest absolute Gasteiger partial charge is 0.480 e. The number of nitrogens with one attached hydrogen (secondary N) is 1. The Hall–Kier alpha value is -2.51. The maximum absolute atomic E-state index is 13.3. The third kappa shape index (κ3) is 4.30. The van der Waals surface area contributed by atoms with Crippen LogP contribution < -0.4 is 5.32 Å². The van der Waals surface area contributed by atoms with Crippen LogP contribution in [-0.2, 0) is 14.3 Å². The molecule has 108 valence electrons. The lowest BCUT2D eigenvalue weighted by Gasteiger charge is -2.14. The molecule has 1 aromatic rings. The van der Waals surface area contributed by atoms with Crippen molar-refractivity contribution in [2.24, 2.45) is 0 Å². The zero-order valence-corrected chi connectivity index (χ0v) is 10.6. The molecule has 1 rings (SSSR count). The molecule has 2 N–H and O–H groups in total. The molecule has 0 aromatic carbocycles. The monoisotopic (exact) mass is 284 g/mol. The van der Waals surface area contributed by atoms with E-state index in [1.165, 1.54) is 13.3 Å². The topological polar surface area (TPSA) is 106 Å². The van der Waals surface area contributed by atoms with Gasteiger partial charge in [0.2, 0.25) is 0 Å². The van der Waals surface area contributed by atoms with Crippen molar-refractivity contribution >= 4 is 17.8 Å². The minimum absolute atomic E-state index is 0.152. The highest BCUT2D eigenvalue weighted by Gasteiger charge is 2.23. The van der Waals surface area contributed by atoms with Gasteiger partial charge in [0.25, 0.3) is 5.91 Å². The van der Waals surface area contributed by atoms with E-state index in [0.29, 0.717) is 0 Å². The number of carboxylic acids is 1. The van der Waals surface area contributed by atoms with Crippen molar-refractivity contribution in [1.82, 2.24) is 10.3 Å². The number of nitrogens with zero attached hydrogens (tertiary/aromatic N) is 1. The van der Waals surface area contributed by atoms with Gasteiger partial charge < -0.3 is 15.2 Å². The van der Waals surface area contributed by atoms with E-state index in [1.807, 2.05) is 0 Å². The van der Waals surface area contributed by atoms with Crippen LogP contribution >= 0.6 is 0 Å². The van der Waals surface area contributed by atoms with Gasteiger partial charge in [0, 0.05) is 12.6 Å². The minimum Gasteiger partial charge on any atom is -0.480 e. The van der Waals surface area contributed by atoms with E-state index in [1.54, 1.807) is 0 Å². The van der Waals surface area contributed by atoms with Gasteiger partial charge in [-0.1, -0.05) is 0 Å². The van der Waals surface area contributed by atoms with Gasteiger partial charge >= 0.3 is 11.9 Å². The predicted octanol–water partition coefficient (Wildman–Crippen LogP) is 0.357. The van der Waals surface area contributed by atoms with E-state index in [0.717, 1.165) is 12.3 Å². The van der Waals surface area contributed by atoms with E-state index in [2.05, 4.69) is 15.0 Å². The number of carbonyl (C=O) groups is 3. The number of aliphatic carboxylic acids is 1. The number of pyridine rings is 1. The number of halogens is 1. The van der Waals surface area contributed by atoms with Gasteiger partial charge in [-0.25, -0.2) is 9.18 Å². The number of methoxy groups -OCH3 is 1. The molecule has 1 heterocycles. The second-order valence-electron chi connectivity index (χ2n) is 3.83. The highest BCUT2D eigenvalue weighted by molar-refractivity contribution is 5.96. The third-order valence-electron chi connectivity index (χ3n) is 2.49. The number of hydrogen-bond acceptors (Lipinski definition) is 5. The number of carboxylic acid groups (broad SMARTS) is 1. The highest BCUT2D eigenvalue weighted by atomic mass is 19.1. The lowest BCUT2D eigenvalue weighted by atomic mass is 10.1. The standard InChI is InChI=1S/C12H13FN2O5/c1-20-10(16)3-2-9(12(18)19)15-11(17)7-4-5-14-6-8(7)13/h4-6,9H,2-3H2,1H3,(H,15,17)(H,18,19)/t9-/m1/s1. The Kier molecular flexibility index (Phi) is 5.57. The smallest absolute Gasteiger partial charge is 0.326 e. The van der Waals surface area contributed by atoms with Crippen LogP contribution in [0.25, 0.3) is 0 Å². The molecule has 1 aromatic heterocycles. The molecular weight excluding hydrogens is 271 g/mol. The highest BCUT2D eigenvalue weighted by Crippen LogP contribution is 2.06. The summed E-state index contributed by atoms with van der Waals surface area (Å²) >= 11 is 0. The Labute approximate surface area is 113 Å². The van der Waals surface area contributed by atoms with Gasteiger partial charge in [-0.05, 0) is 12.5 Å². The van der Waals surface area contributed by atoms with E-state index >= 15 is 0 Å². The Morgan fingerprint density at radius 1 is 1.50 bits per heavy atom. The number of aromatic nitrogens is 1. The minimum atomic E-state index is -1.32. The number of hydrogen-bond donors (Lipinski definition) is 2. The number of rotatable bonds is 6. The van der Waals surface area contributed by atoms with Crippen molar-refractivity contribution in [3.05, 3.63) is 29.8 Å². The molecule has 0 aliphatic carbocycles. The first-order chi connectivity index (χ1) is 9.45. The van der Waals surface area contributed by atoms with Gasteiger partial charge in [0.05, 0.1) is 18.9 Å². The number of amides is 1. The van der Waals surface area contributed by atoms with Crippen LogP contribution in [-0.4, -0.2) is 41.1 Å². The second kappa shape index (κ2) is 7.17. The number of ether oxygens (including phenoxy) is 1. The van der Waals surface area contributed by atoms with Gasteiger partial charge in [-0.2, -0.15) is 0 Å². The van der Waals surface area contributed by atoms with Crippen LogP contribution in [0.15, 0.2) is 18.5 Å². The number of esters is 1. The van der Waals surface area contributed by atoms with Crippen molar-refractivity contribution in [1.29, 1.82) is 0 Å². The molecule has 1 amide bonds. The molecule has 0 saturated heterocycles. The molecule has 7 nitrogen and oxygen atoms in total. The first-order valence-electron chi connectivity index (χ1n) is 5.65. The molecule has 0 saturated carbocycles. The zero-order valence-electron chi connectivity index (χ0n) is 10.6. The summed E-state index contributed by atoms with van der Waals surface area (Å²) in [4.78, 5) is 37.1. The summed E-state index contributed by atoms with van der Waals surface area (Å²) < 4.78 is 17.7. The summed E-state index contributed by atoms with van der Waals surface area (Å²) in [6.45, 7) is 0. The van der Waals surface area contributed by atoms with Gasteiger partial charge in [-0.3, -0.25) is 14.6 Å². The summed E-state index contributed by atoms with van der Waals surface area (Å²) in [5.41, 5.74) is -0.315.